The molecule has 1 N–H and O–H groups in total. The van der Waals surface area contributed by atoms with Crippen molar-refractivity contribution in [1.29, 1.82) is 0 Å². The first-order valence-corrected chi connectivity index (χ1v) is 8.19. The lowest BCUT2D eigenvalue weighted by atomic mass is 10.2. The van der Waals surface area contributed by atoms with Gasteiger partial charge >= 0.3 is 0 Å². The van der Waals surface area contributed by atoms with Crippen LogP contribution in [0, 0.1) is 13.8 Å². The average Bonchev–Trinajstić information content (AvgIpc) is 2.52. The van der Waals surface area contributed by atoms with E-state index in [1.54, 1.807) is 0 Å². The Bertz CT molecular complexity index is 846. The fourth-order valence-electron chi connectivity index (χ4n) is 2.21. The first-order chi connectivity index (χ1) is 11.1. The minimum Gasteiger partial charge on any atom is -0.294 e. The third-order valence-corrected chi connectivity index (χ3v) is 4.09. The van der Waals surface area contributed by atoms with Gasteiger partial charge in [0.25, 0.3) is 0 Å². The fraction of sp³-hybridized carbons (Fsp3) is 0.176. The summed E-state index contributed by atoms with van der Waals surface area (Å²) in [6, 6.07) is 13.7. The van der Waals surface area contributed by atoms with Crippen LogP contribution < -0.4 is 5.32 Å². The number of carbonyl (C=O) groups excluding carboxylic acids is 1. The molecule has 1 aromatic carbocycles. The molecule has 116 valence electrons. The van der Waals surface area contributed by atoms with Crippen molar-refractivity contribution < 1.29 is 4.79 Å². The molecule has 6 heteroatoms. The summed E-state index contributed by atoms with van der Waals surface area (Å²) in [5, 5.41) is 4.63. The van der Waals surface area contributed by atoms with Gasteiger partial charge in [-0.1, -0.05) is 36.0 Å². The molecule has 3 rings (SSSR count). The van der Waals surface area contributed by atoms with Gasteiger partial charge in [0.1, 0.15) is 0 Å². The molecule has 2 aromatic heterocycles. The van der Waals surface area contributed by atoms with E-state index in [9.17, 15) is 4.79 Å². The first-order valence-electron chi connectivity index (χ1n) is 7.21. The molecule has 0 bridgehead atoms. The molecule has 0 spiro atoms. The van der Waals surface area contributed by atoms with E-state index >= 15 is 0 Å². The van der Waals surface area contributed by atoms with Crippen LogP contribution in [0.25, 0.3) is 10.9 Å². The van der Waals surface area contributed by atoms with Gasteiger partial charge in [-0.3, -0.25) is 10.1 Å². The van der Waals surface area contributed by atoms with Crippen LogP contribution in [0.4, 0.5) is 5.95 Å². The van der Waals surface area contributed by atoms with Gasteiger partial charge < -0.3 is 0 Å². The topological polar surface area (TPSA) is 67.8 Å². The van der Waals surface area contributed by atoms with Gasteiger partial charge in [0, 0.05) is 16.8 Å². The predicted octanol–water partition coefficient (Wildman–Crippen LogP) is 3.37. The zero-order valence-corrected chi connectivity index (χ0v) is 13.7. The molecule has 0 aliphatic carbocycles. The third kappa shape index (κ3) is 4.04. The van der Waals surface area contributed by atoms with Crippen molar-refractivity contribution in [2.45, 2.75) is 18.9 Å². The zero-order valence-electron chi connectivity index (χ0n) is 12.9. The summed E-state index contributed by atoms with van der Waals surface area (Å²) in [6.07, 6.45) is 0. The molecule has 0 aliphatic rings. The minimum absolute atomic E-state index is 0.144. The van der Waals surface area contributed by atoms with Crippen LogP contribution in [-0.4, -0.2) is 26.6 Å². The Labute approximate surface area is 138 Å². The Morgan fingerprint density at radius 1 is 1.04 bits per heavy atom. The molecule has 0 atom stereocenters. The number of nitrogens with one attached hydrogen (secondary N) is 1. The molecular weight excluding hydrogens is 308 g/mol. The van der Waals surface area contributed by atoms with Gasteiger partial charge in [-0.15, -0.1) is 0 Å². The second kappa shape index (κ2) is 6.75. The van der Waals surface area contributed by atoms with E-state index in [4.69, 9.17) is 0 Å². The Morgan fingerprint density at radius 3 is 2.57 bits per heavy atom. The number of nitrogens with zero attached hydrogens (tertiary/aromatic N) is 3. The Morgan fingerprint density at radius 2 is 1.78 bits per heavy atom. The van der Waals surface area contributed by atoms with E-state index in [-0.39, 0.29) is 11.7 Å². The smallest absolute Gasteiger partial charge is 0.237 e. The number of aromatic nitrogens is 3. The molecule has 0 radical (unpaired) electrons. The lowest BCUT2D eigenvalue weighted by Gasteiger charge is -2.06. The SMILES string of the molecule is Cc1cc(C)nc(NC(=O)CSc2ccc3ccccc3n2)n1. The van der Waals surface area contributed by atoms with E-state index in [1.807, 2.05) is 56.3 Å². The molecule has 0 saturated carbocycles. The summed E-state index contributed by atoms with van der Waals surface area (Å²) < 4.78 is 0. The van der Waals surface area contributed by atoms with Crippen molar-refractivity contribution in [2.75, 3.05) is 11.1 Å². The number of hydrogen-bond donors (Lipinski definition) is 1. The second-order valence-corrected chi connectivity index (χ2v) is 6.15. The molecule has 1 amide bonds. The van der Waals surface area contributed by atoms with Gasteiger partial charge in [0.2, 0.25) is 11.9 Å². The van der Waals surface area contributed by atoms with Crippen LogP contribution in [0.2, 0.25) is 0 Å². The quantitative estimate of drug-likeness (QED) is 0.745. The maximum absolute atomic E-state index is 12.0. The number of pyridine rings is 1. The molecule has 0 fully saturated rings. The summed E-state index contributed by atoms with van der Waals surface area (Å²) in [5.74, 6) is 0.469. The highest BCUT2D eigenvalue weighted by atomic mass is 32.2. The highest BCUT2D eigenvalue weighted by Gasteiger charge is 2.07. The largest absolute Gasteiger partial charge is 0.294 e. The molecular formula is C17H16N4OS. The van der Waals surface area contributed by atoms with Crippen molar-refractivity contribution in [3.63, 3.8) is 0 Å². The zero-order chi connectivity index (χ0) is 16.2. The number of anilines is 1. The summed E-state index contributed by atoms with van der Waals surface area (Å²) >= 11 is 1.39. The van der Waals surface area contributed by atoms with Gasteiger partial charge in [0.15, 0.2) is 0 Å². The number of thioether (sulfide) groups is 1. The number of aryl methyl sites for hydroxylation is 2. The predicted molar refractivity (Wildman–Crippen MR) is 92.6 cm³/mol. The summed E-state index contributed by atoms with van der Waals surface area (Å²) in [7, 11) is 0. The first kappa shape index (κ1) is 15.4. The third-order valence-electron chi connectivity index (χ3n) is 3.16. The molecule has 0 unspecified atom stereocenters. The standard InChI is InChI=1S/C17H16N4OS/c1-11-9-12(2)19-17(18-11)21-15(22)10-23-16-8-7-13-5-3-4-6-14(13)20-16/h3-9H,10H2,1-2H3,(H,18,19,21,22). The number of amides is 1. The van der Waals surface area contributed by atoms with E-state index in [0.717, 1.165) is 27.3 Å². The highest BCUT2D eigenvalue weighted by Crippen LogP contribution is 2.20. The average molecular weight is 324 g/mol. The molecule has 0 saturated heterocycles. The maximum atomic E-state index is 12.0. The van der Waals surface area contributed by atoms with Gasteiger partial charge in [-0.2, -0.15) is 0 Å². The van der Waals surface area contributed by atoms with Crippen molar-refractivity contribution in [1.82, 2.24) is 15.0 Å². The monoisotopic (exact) mass is 324 g/mol. The van der Waals surface area contributed by atoms with Crippen LogP contribution in [0.5, 0.6) is 0 Å². The molecule has 5 nitrogen and oxygen atoms in total. The number of fused-ring (bicyclic) bond motifs is 1. The van der Waals surface area contributed by atoms with Crippen LogP contribution >= 0.6 is 11.8 Å². The van der Waals surface area contributed by atoms with Crippen LogP contribution in [0.1, 0.15) is 11.4 Å². The normalized spacial score (nSPS) is 10.7. The molecule has 0 aliphatic heterocycles. The minimum atomic E-state index is -0.144. The number of para-hydroxylation sites is 1. The van der Waals surface area contributed by atoms with Crippen molar-refractivity contribution in [3.8, 4) is 0 Å². The fourth-order valence-corrected chi connectivity index (χ4v) is 2.89. The van der Waals surface area contributed by atoms with Crippen LogP contribution in [-0.2, 0) is 4.79 Å². The van der Waals surface area contributed by atoms with Crippen LogP contribution in [0.15, 0.2) is 47.5 Å². The van der Waals surface area contributed by atoms with E-state index in [1.165, 1.54) is 11.8 Å². The maximum Gasteiger partial charge on any atom is 0.237 e. The lowest BCUT2D eigenvalue weighted by Crippen LogP contribution is -2.16. The second-order valence-electron chi connectivity index (χ2n) is 5.15. The summed E-state index contributed by atoms with van der Waals surface area (Å²) in [5.41, 5.74) is 2.59. The number of carbonyl (C=O) groups is 1. The highest BCUT2D eigenvalue weighted by molar-refractivity contribution is 7.99. The van der Waals surface area contributed by atoms with E-state index in [2.05, 4.69) is 20.3 Å². The molecule has 2 heterocycles. The summed E-state index contributed by atoms with van der Waals surface area (Å²) in [6.45, 7) is 3.75. The lowest BCUT2D eigenvalue weighted by molar-refractivity contribution is -0.113. The van der Waals surface area contributed by atoms with Gasteiger partial charge in [-0.05, 0) is 32.0 Å². The van der Waals surface area contributed by atoms with Crippen molar-refractivity contribution in [2.24, 2.45) is 0 Å². The van der Waals surface area contributed by atoms with Gasteiger partial charge in [0.05, 0.1) is 16.3 Å². The van der Waals surface area contributed by atoms with E-state index in [0.29, 0.717) is 5.95 Å². The molecule has 23 heavy (non-hydrogen) atoms. The Kier molecular flexibility index (Phi) is 4.52. The van der Waals surface area contributed by atoms with Crippen molar-refractivity contribution in [3.05, 3.63) is 53.9 Å². The Balaban J connectivity index is 1.63. The summed E-state index contributed by atoms with van der Waals surface area (Å²) in [4.78, 5) is 25.0. The van der Waals surface area contributed by atoms with Crippen molar-refractivity contribution >= 4 is 34.5 Å². The number of benzene rings is 1. The number of hydrogen-bond acceptors (Lipinski definition) is 5. The molecule has 3 aromatic rings. The van der Waals surface area contributed by atoms with E-state index < -0.39 is 0 Å². The Hall–Kier alpha value is -2.47. The van der Waals surface area contributed by atoms with Crippen LogP contribution in [0.3, 0.4) is 0 Å². The number of rotatable bonds is 4. The van der Waals surface area contributed by atoms with Gasteiger partial charge in [-0.25, -0.2) is 15.0 Å².